The molecule has 0 aliphatic carbocycles. The Bertz CT molecular complexity index is 560. The van der Waals surface area contributed by atoms with Gasteiger partial charge in [0, 0.05) is 0 Å². The fourth-order valence-electron chi connectivity index (χ4n) is 2.93. The number of nitrogens with one attached hydrogen (secondary N) is 1. The molecule has 0 spiro atoms. The Balaban J connectivity index is 0. The van der Waals surface area contributed by atoms with Gasteiger partial charge in [0.05, 0.1) is 11.5 Å². The number of nitrogens with two attached hydrogens (primary N) is 2. The Kier molecular flexibility index (Phi) is 14.8. The van der Waals surface area contributed by atoms with E-state index in [-0.39, 0.29) is 35.7 Å². The van der Waals surface area contributed by atoms with E-state index in [2.05, 4.69) is 10.2 Å². The quantitative estimate of drug-likeness (QED) is 0.517. The van der Waals surface area contributed by atoms with Gasteiger partial charge in [-0.1, -0.05) is 0 Å². The molecule has 0 unspecified atom stereocenters. The van der Waals surface area contributed by atoms with E-state index in [0.29, 0.717) is 0 Å². The summed E-state index contributed by atoms with van der Waals surface area (Å²) in [6.07, 6.45) is 3.76. The van der Waals surface area contributed by atoms with Gasteiger partial charge in [-0.15, -0.1) is 12.4 Å². The highest BCUT2D eigenvalue weighted by atomic mass is 35.5. The highest BCUT2D eigenvalue weighted by molar-refractivity contribution is 7.89. The van der Waals surface area contributed by atoms with Crippen molar-refractivity contribution in [3.63, 3.8) is 0 Å². The summed E-state index contributed by atoms with van der Waals surface area (Å²) < 4.78 is 42.8. The predicted molar refractivity (Wildman–Crippen MR) is 106 cm³/mol. The molecule has 12 heteroatoms. The number of sulfonamides is 2. The first-order valence-corrected chi connectivity index (χ1v) is 11.7. The second kappa shape index (κ2) is 13.8. The molecule has 0 aromatic heterocycles. The topological polar surface area (TPSA) is 153 Å². The lowest BCUT2D eigenvalue weighted by molar-refractivity contribution is -0.0980. The predicted octanol–water partition coefficient (Wildman–Crippen LogP) is -0.872. The number of carbonyl (C=O) groups excluding carboxylic acids is 1. The van der Waals surface area contributed by atoms with E-state index in [1.807, 2.05) is 13.8 Å². The van der Waals surface area contributed by atoms with Gasteiger partial charge in [0.15, 0.2) is 0 Å². The van der Waals surface area contributed by atoms with Crippen molar-refractivity contribution in [3.05, 3.63) is 0 Å². The Morgan fingerprint density at radius 3 is 1.58 bits per heavy atom. The van der Waals surface area contributed by atoms with Gasteiger partial charge in [-0.25, -0.2) is 27.1 Å². The number of likely N-dealkylation sites (tertiary alicyclic amines) is 1. The van der Waals surface area contributed by atoms with E-state index in [9.17, 15) is 16.8 Å². The number of carbonyl (C=O) groups is 1. The zero-order valence-electron chi connectivity index (χ0n) is 15.3. The molecule has 2 aliphatic heterocycles. The first-order valence-electron chi connectivity index (χ1n) is 8.24. The largest absolute Gasteiger partial charge is 0.317 e. The average molecular weight is 437 g/mol. The zero-order chi connectivity index (χ0) is 19.5. The average Bonchev–Trinajstić information content (AvgIpc) is 2.50. The Morgan fingerprint density at radius 1 is 0.885 bits per heavy atom. The van der Waals surface area contributed by atoms with E-state index in [0.717, 1.165) is 51.9 Å². The minimum atomic E-state index is -3.26. The minimum absolute atomic E-state index is 0. The first kappa shape index (κ1) is 27.9. The molecule has 0 aromatic rings. The van der Waals surface area contributed by atoms with Crippen molar-refractivity contribution >= 4 is 39.2 Å². The van der Waals surface area contributed by atoms with Gasteiger partial charge in [-0.2, -0.15) is 0 Å². The summed E-state index contributed by atoms with van der Waals surface area (Å²) >= 11 is 0. The van der Waals surface area contributed by atoms with Gasteiger partial charge in [0.1, 0.15) is 6.79 Å². The van der Waals surface area contributed by atoms with Crippen LogP contribution in [0.1, 0.15) is 25.7 Å². The van der Waals surface area contributed by atoms with E-state index >= 15 is 0 Å². The number of primary sulfonamides is 2. The van der Waals surface area contributed by atoms with Crippen LogP contribution >= 0.6 is 12.4 Å². The van der Waals surface area contributed by atoms with E-state index in [4.69, 9.17) is 15.1 Å². The maximum absolute atomic E-state index is 10.7. The van der Waals surface area contributed by atoms with Crippen molar-refractivity contribution in [2.75, 3.05) is 44.7 Å². The standard InChI is InChI=1S/C7H16N2O2S.C6H14N2O2S.CH2O.ClH/c1-9-4-2-7(3-5-9)6-12(8,10)11;7-11(9,10)5-6-1-3-8-4-2-6;1-2;/h7H,2-6H2,1H3,(H2,8,10,11);6,8H,1-5H2,(H2,7,9,10);1H2;1H. The van der Waals surface area contributed by atoms with Crippen LogP contribution in [0.25, 0.3) is 0 Å². The van der Waals surface area contributed by atoms with Crippen molar-refractivity contribution in [3.8, 4) is 0 Å². The van der Waals surface area contributed by atoms with Crippen LogP contribution < -0.4 is 15.6 Å². The molecule has 2 saturated heterocycles. The SMILES string of the molecule is C=O.CN1CCC(CS(N)(=O)=O)CC1.Cl.NS(=O)(=O)CC1CCNCC1. The lowest BCUT2D eigenvalue weighted by Crippen LogP contribution is -2.34. The molecule has 9 nitrogen and oxygen atoms in total. The Morgan fingerprint density at radius 2 is 1.23 bits per heavy atom. The third-order valence-corrected chi connectivity index (χ3v) is 6.10. The number of rotatable bonds is 4. The third kappa shape index (κ3) is 15.9. The Labute approximate surface area is 163 Å². The summed E-state index contributed by atoms with van der Waals surface area (Å²) in [6, 6.07) is 0. The van der Waals surface area contributed by atoms with Crippen molar-refractivity contribution in [1.82, 2.24) is 10.2 Å². The molecule has 2 rings (SSSR count). The summed E-state index contributed by atoms with van der Waals surface area (Å²) in [6.45, 7) is 5.81. The van der Waals surface area contributed by atoms with Gasteiger partial charge < -0.3 is 15.0 Å². The molecular formula is C14H33ClN4O5S2. The highest BCUT2D eigenvalue weighted by Gasteiger charge is 2.20. The van der Waals surface area contributed by atoms with Crippen LogP contribution in [0.15, 0.2) is 0 Å². The normalized spacial score (nSPS) is 20.0. The van der Waals surface area contributed by atoms with Crippen LogP contribution in [0, 0.1) is 11.8 Å². The van der Waals surface area contributed by atoms with Crippen LogP contribution in [0.2, 0.25) is 0 Å². The number of hydrogen-bond donors (Lipinski definition) is 3. The first-order chi connectivity index (χ1) is 11.6. The number of hydrogen-bond acceptors (Lipinski definition) is 7. The smallest absolute Gasteiger partial charge is 0.209 e. The molecule has 2 fully saturated rings. The fourth-order valence-corrected chi connectivity index (χ4v) is 4.91. The summed E-state index contributed by atoms with van der Waals surface area (Å²) in [5.74, 6) is 0.845. The second-order valence-electron chi connectivity index (χ2n) is 6.60. The Hall–Kier alpha value is -0.300. The van der Waals surface area contributed by atoms with Crippen molar-refractivity contribution in [2.24, 2.45) is 22.1 Å². The molecule has 0 saturated carbocycles. The van der Waals surface area contributed by atoms with Crippen molar-refractivity contribution < 1.29 is 21.6 Å². The minimum Gasteiger partial charge on any atom is -0.317 e. The van der Waals surface area contributed by atoms with Gasteiger partial charge >= 0.3 is 0 Å². The van der Waals surface area contributed by atoms with Gasteiger partial charge in [-0.3, -0.25) is 0 Å². The monoisotopic (exact) mass is 436 g/mol. The maximum Gasteiger partial charge on any atom is 0.209 e. The highest BCUT2D eigenvalue weighted by Crippen LogP contribution is 2.16. The van der Waals surface area contributed by atoms with E-state index in [1.54, 1.807) is 0 Å². The van der Waals surface area contributed by atoms with E-state index < -0.39 is 20.0 Å². The van der Waals surface area contributed by atoms with Gasteiger partial charge in [0.25, 0.3) is 0 Å². The molecule has 0 bridgehead atoms. The maximum atomic E-state index is 10.7. The van der Waals surface area contributed by atoms with Gasteiger partial charge in [-0.05, 0) is 70.7 Å². The van der Waals surface area contributed by atoms with Gasteiger partial charge in [0.2, 0.25) is 20.0 Å². The molecule has 0 amide bonds. The molecule has 2 heterocycles. The molecule has 0 radical (unpaired) electrons. The lowest BCUT2D eigenvalue weighted by atomic mass is 10.00. The zero-order valence-corrected chi connectivity index (χ0v) is 17.8. The third-order valence-electron chi connectivity index (χ3n) is 4.23. The lowest BCUT2D eigenvalue weighted by Gasteiger charge is -2.28. The van der Waals surface area contributed by atoms with Crippen LogP contribution in [0.4, 0.5) is 0 Å². The molecule has 0 atom stereocenters. The molecule has 0 aromatic carbocycles. The second-order valence-corrected chi connectivity index (χ2v) is 9.92. The van der Waals surface area contributed by atoms with E-state index in [1.165, 1.54) is 0 Å². The summed E-state index contributed by atoms with van der Waals surface area (Å²) in [5.41, 5.74) is 0. The summed E-state index contributed by atoms with van der Waals surface area (Å²) in [7, 11) is -4.46. The molecule has 5 N–H and O–H groups in total. The molecular weight excluding hydrogens is 404 g/mol. The summed E-state index contributed by atoms with van der Waals surface area (Å²) in [4.78, 5) is 10.2. The summed E-state index contributed by atoms with van der Waals surface area (Å²) in [5, 5.41) is 13.0. The van der Waals surface area contributed by atoms with Crippen LogP contribution in [0.5, 0.6) is 0 Å². The molecule has 158 valence electrons. The van der Waals surface area contributed by atoms with Crippen LogP contribution in [0.3, 0.4) is 0 Å². The fraction of sp³-hybridized carbons (Fsp3) is 0.929. The number of halogens is 1. The number of nitrogens with zero attached hydrogens (tertiary/aromatic N) is 1. The van der Waals surface area contributed by atoms with Crippen molar-refractivity contribution in [1.29, 1.82) is 0 Å². The molecule has 26 heavy (non-hydrogen) atoms. The van der Waals surface area contributed by atoms with Crippen LogP contribution in [-0.2, 0) is 24.8 Å². The number of piperidine rings is 2. The van der Waals surface area contributed by atoms with Crippen LogP contribution in [-0.4, -0.2) is 73.3 Å². The van der Waals surface area contributed by atoms with Crippen molar-refractivity contribution in [2.45, 2.75) is 25.7 Å². The molecule has 2 aliphatic rings.